The molecular formula is C33H26Br2FN3O5. The van der Waals surface area contributed by atoms with Crippen LogP contribution in [0.1, 0.15) is 40.3 Å². The third-order valence-corrected chi connectivity index (χ3v) is 7.48. The molecule has 0 aliphatic rings. The Kier molecular flexibility index (Phi) is 9.76. The van der Waals surface area contributed by atoms with Gasteiger partial charge in [-0.05, 0) is 83.9 Å². The molecule has 1 heterocycles. The highest BCUT2D eigenvalue weighted by molar-refractivity contribution is 9.11. The number of ether oxygens (including phenoxy) is 3. The van der Waals surface area contributed by atoms with Crippen molar-refractivity contribution in [1.29, 1.82) is 0 Å². The fourth-order valence-electron chi connectivity index (χ4n) is 4.57. The maximum atomic E-state index is 14.1. The molecule has 4 aromatic carbocycles. The van der Waals surface area contributed by atoms with Gasteiger partial charge in [0.2, 0.25) is 0 Å². The van der Waals surface area contributed by atoms with Gasteiger partial charge in [0.1, 0.15) is 11.5 Å². The van der Waals surface area contributed by atoms with Crippen LogP contribution < -0.4 is 19.6 Å². The van der Waals surface area contributed by atoms with Gasteiger partial charge in [0.15, 0.2) is 17.2 Å². The zero-order chi connectivity index (χ0) is 31.2. The van der Waals surface area contributed by atoms with Crippen LogP contribution in [0.3, 0.4) is 0 Å². The van der Waals surface area contributed by atoms with E-state index in [1.807, 2.05) is 44.2 Å². The van der Waals surface area contributed by atoms with E-state index in [-0.39, 0.29) is 17.0 Å². The molecule has 0 atom stereocenters. The van der Waals surface area contributed by atoms with Gasteiger partial charge in [-0.1, -0.05) is 46.3 Å². The number of halogens is 3. The van der Waals surface area contributed by atoms with Crippen LogP contribution >= 0.6 is 31.9 Å². The highest BCUT2D eigenvalue weighted by Gasteiger charge is 2.21. The summed E-state index contributed by atoms with van der Waals surface area (Å²) in [5, 5.41) is 4.71. The van der Waals surface area contributed by atoms with Crippen molar-refractivity contribution in [3.63, 3.8) is 0 Å². The molecule has 11 heteroatoms. The lowest BCUT2D eigenvalue weighted by molar-refractivity contribution is 0.0732. The maximum absolute atomic E-state index is 14.1. The minimum absolute atomic E-state index is 0.189. The largest absolute Gasteiger partial charge is 0.490 e. The second-order valence-corrected chi connectivity index (χ2v) is 11.1. The third kappa shape index (κ3) is 6.84. The Bertz CT molecular complexity index is 1880. The fraction of sp³-hybridized carbons (Fsp3) is 0.121. The zero-order valence-electron chi connectivity index (χ0n) is 23.6. The molecule has 0 saturated carbocycles. The molecule has 0 saturated heterocycles. The molecule has 0 aliphatic heterocycles. The Balaban J connectivity index is 1.41. The van der Waals surface area contributed by atoms with Gasteiger partial charge in [-0.15, -0.1) is 0 Å². The van der Waals surface area contributed by atoms with E-state index in [0.717, 1.165) is 5.56 Å². The third-order valence-electron chi connectivity index (χ3n) is 6.43. The number of aromatic amines is 1. The summed E-state index contributed by atoms with van der Waals surface area (Å²) in [6.07, 6.45) is 1.37. The van der Waals surface area contributed by atoms with Gasteiger partial charge in [-0.2, -0.15) is 5.10 Å². The van der Waals surface area contributed by atoms with Crippen molar-refractivity contribution in [2.75, 3.05) is 13.2 Å². The van der Waals surface area contributed by atoms with Crippen molar-refractivity contribution < 1.29 is 28.2 Å². The smallest absolute Gasteiger partial charge is 0.343 e. The summed E-state index contributed by atoms with van der Waals surface area (Å²) in [6.45, 7) is 4.54. The number of fused-ring (bicyclic) bond motifs is 1. The van der Waals surface area contributed by atoms with E-state index in [1.165, 1.54) is 18.3 Å². The number of hydrogen-bond donors (Lipinski definition) is 2. The highest BCUT2D eigenvalue weighted by Crippen LogP contribution is 2.35. The average Bonchev–Trinajstić information content (AvgIpc) is 3.39. The summed E-state index contributed by atoms with van der Waals surface area (Å²) in [5.41, 5.74) is 5.30. The van der Waals surface area contributed by atoms with Crippen LogP contribution in [0.4, 0.5) is 4.39 Å². The van der Waals surface area contributed by atoms with Crippen LogP contribution in [0.25, 0.3) is 22.0 Å². The average molecular weight is 723 g/mol. The highest BCUT2D eigenvalue weighted by atomic mass is 79.9. The molecule has 2 N–H and O–H groups in total. The molecule has 0 unspecified atom stereocenters. The van der Waals surface area contributed by atoms with Crippen LogP contribution in [-0.4, -0.2) is 36.3 Å². The van der Waals surface area contributed by atoms with Crippen LogP contribution in [0.15, 0.2) is 92.9 Å². The molecule has 0 aliphatic carbocycles. The summed E-state index contributed by atoms with van der Waals surface area (Å²) in [7, 11) is 0. The van der Waals surface area contributed by atoms with Gasteiger partial charge in [-0.3, -0.25) is 4.79 Å². The van der Waals surface area contributed by atoms with Crippen LogP contribution in [0.5, 0.6) is 17.2 Å². The predicted molar refractivity (Wildman–Crippen MR) is 174 cm³/mol. The SMILES string of the molecule is CCOc1ccc(C(=O)Oc2c(Br)cc(Br)cc2C=NNC(=O)c2[nH]c3ccc(F)cc3c2-c2ccccc2)cc1OCC. The Labute approximate surface area is 269 Å². The Hall–Kier alpha value is -4.48. The molecule has 5 rings (SSSR count). The first-order valence-corrected chi connectivity index (χ1v) is 15.2. The first-order valence-electron chi connectivity index (χ1n) is 13.6. The fourth-order valence-corrected chi connectivity index (χ4v) is 5.91. The van der Waals surface area contributed by atoms with Crippen molar-refractivity contribution in [2.24, 2.45) is 5.10 Å². The number of esters is 1. The Morgan fingerprint density at radius 3 is 2.43 bits per heavy atom. The van der Waals surface area contributed by atoms with Crippen LogP contribution in [-0.2, 0) is 0 Å². The molecule has 0 spiro atoms. The second kappa shape index (κ2) is 13.9. The van der Waals surface area contributed by atoms with E-state index >= 15 is 0 Å². The molecule has 224 valence electrons. The molecule has 0 radical (unpaired) electrons. The number of hydrogen-bond acceptors (Lipinski definition) is 6. The van der Waals surface area contributed by atoms with Gasteiger partial charge >= 0.3 is 5.97 Å². The van der Waals surface area contributed by atoms with Gasteiger partial charge in [0.05, 0.1) is 29.5 Å². The summed E-state index contributed by atoms with van der Waals surface area (Å²) >= 11 is 6.89. The van der Waals surface area contributed by atoms with Gasteiger partial charge in [0, 0.05) is 26.5 Å². The van der Waals surface area contributed by atoms with E-state index < -0.39 is 17.7 Å². The number of aromatic nitrogens is 1. The van der Waals surface area contributed by atoms with Gasteiger partial charge in [0.25, 0.3) is 5.91 Å². The van der Waals surface area contributed by atoms with E-state index in [2.05, 4.69) is 47.4 Å². The minimum Gasteiger partial charge on any atom is -0.490 e. The molecule has 44 heavy (non-hydrogen) atoms. The normalized spacial score (nSPS) is 11.1. The number of benzene rings is 4. The van der Waals surface area contributed by atoms with Gasteiger partial charge in [-0.25, -0.2) is 14.6 Å². The molecule has 8 nitrogen and oxygen atoms in total. The second-order valence-electron chi connectivity index (χ2n) is 9.35. The number of carbonyl (C=O) groups excluding carboxylic acids is 2. The Morgan fingerprint density at radius 1 is 0.932 bits per heavy atom. The molecule has 1 amide bonds. The predicted octanol–water partition coefficient (Wildman–Crippen LogP) is 8.28. The van der Waals surface area contributed by atoms with Crippen LogP contribution in [0.2, 0.25) is 0 Å². The van der Waals surface area contributed by atoms with Crippen molar-refractivity contribution in [3.8, 4) is 28.4 Å². The summed E-state index contributed by atoms with van der Waals surface area (Å²) in [5.74, 6) is -0.447. The first kappa shape index (κ1) is 31.0. The number of nitrogens with zero attached hydrogens (tertiary/aromatic N) is 1. The molecule has 5 aromatic rings. The standard InChI is InChI=1S/C33H26Br2FN3O5/c1-3-42-27-13-10-20(15-28(27)43-4-2)33(41)44-31-21(14-22(34)16-25(31)35)18-37-39-32(40)30-29(19-8-6-5-7-9-19)24-17-23(36)11-12-26(24)38-30/h5-18,38H,3-4H2,1-2H3,(H,39,40). The molecular weight excluding hydrogens is 697 g/mol. The monoisotopic (exact) mass is 721 g/mol. The number of rotatable bonds is 10. The van der Waals surface area contributed by atoms with Crippen molar-refractivity contribution in [1.82, 2.24) is 10.4 Å². The molecule has 0 fully saturated rings. The van der Waals surface area contributed by atoms with E-state index in [9.17, 15) is 14.0 Å². The Morgan fingerprint density at radius 2 is 1.68 bits per heavy atom. The first-order chi connectivity index (χ1) is 21.3. The van der Waals surface area contributed by atoms with E-state index in [0.29, 0.717) is 55.7 Å². The topological polar surface area (TPSA) is 102 Å². The quantitative estimate of drug-likeness (QED) is 0.0654. The summed E-state index contributed by atoms with van der Waals surface area (Å²) in [6, 6.07) is 21.7. The number of H-pyrrole nitrogens is 1. The lowest BCUT2D eigenvalue weighted by atomic mass is 10.0. The molecule has 0 bridgehead atoms. The number of hydrazone groups is 1. The number of carbonyl (C=O) groups is 2. The molecule has 1 aromatic heterocycles. The van der Waals surface area contributed by atoms with Crippen molar-refractivity contribution in [3.05, 3.63) is 110 Å². The lowest BCUT2D eigenvalue weighted by Crippen LogP contribution is -2.19. The lowest BCUT2D eigenvalue weighted by Gasteiger charge is -2.13. The van der Waals surface area contributed by atoms with E-state index in [1.54, 1.807) is 36.4 Å². The number of nitrogens with one attached hydrogen (secondary N) is 2. The van der Waals surface area contributed by atoms with Crippen LogP contribution in [0, 0.1) is 5.82 Å². The maximum Gasteiger partial charge on any atom is 0.343 e. The summed E-state index contributed by atoms with van der Waals surface area (Å²) in [4.78, 5) is 29.6. The summed E-state index contributed by atoms with van der Waals surface area (Å²) < 4.78 is 32.3. The van der Waals surface area contributed by atoms with Gasteiger partial charge < -0.3 is 19.2 Å². The van der Waals surface area contributed by atoms with Crippen molar-refractivity contribution >= 4 is 60.9 Å². The van der Waals surface area contributed by atoms with Crippen molar-refractivity contribution in [2.45, 2.75) is 13.8 Å². The van der Waals surface area contributed by atoms with E-state index in [4.69, 9.17) is 14.2 Å². The zero-order valence-corrected chi connectivity index (χ0v) is 26.8. The number of amides is 1. The minimum atomic E-state index is -0.631.